The number of benzene rings is 1. The Balaban J connectivity index is 1.36. The highest BCUT2D eigenvalue weighted by Gasteiger charge is 2.25. The van der Waals surface area contributed by atoms with Crippen LogP contribution in [0.5, 0.6) is 0 Å². The first-order valence-corrected chi connectivity index (χ1v) is 10.6. The summed E-state index contributed by atoms with van der Waals surface area (Å²) in [5.74, 6) is 0.711. The van der Waals surface area contributed by atoms with Gasteiger partial charge in [0.15, 0.2) is 0 Å². The van der Waals surface area contributed by atoms with Gasteiger partial charge in [-0.2, -0.15) is 0 Å². The first-order valence-electron chi connectivity index (χ1n) is 10.6. The predicted octanol–water partition coefficient (Wildman–Crippen LogP) is 2.20. The maximum absolute atomic E-state index is 12.5. The lowest BCUT2D eigenvalue weighted by atomic mass is 9.93. The van der Waals surface area contributed by atoms with E-state index in [-0.39, 0.29) is 11.9 Å². The zero-order chi connectivity index (χ0) is 19.8. The minimum Gasteiger partial charge on any atom is -0.340 e. The highest BCUT2D eigenvalue weighted by Crippen LogP contribution is 2.21. The highest BCUT2D eigenvalue weighted by molar-refractivity contribution is 5.76. The van der Waals surface area contributed by atoms with Crippen LogP contribution in [0, 0.1) is 5.92 Å². The molecule has 1 unspecified atom stereocenters. The number of hydrogen-bond acceptors (Lipinski definition) is 3. The fourth-order valence-corrected chi connectivity index (χ4v) is 4.10. The number of nitrogens with zero attached hydrogens (tertiary/aromatic N) is 3. The number of rotatable bonds is 6. The van der Waals surface area contributed by atoms with Gasteiger partial charge in [-0.1, -0.05) is 30.3 Å². The van der Waals surface area contributed by atoms with Crippen molar-refractivity contribution in [3.8, 4) is 0 Å². The molecule has 0 aromatic heterocycles. The second kappa shape index (κ2) is 10.5. The highest BCUT2D eigenvalue weighted by atomic mass is 16.2. The molecule has 2 aliphatic heterocycles. The normalized spacial score (nSPS) is 20.8. The van der Waals surface area contributed by atoms with Crippen LogP contribution in [0.25, 0.3) is 0 Å². The Kier molecular flexibility index (Phi) is 7.71. The number of amides is 3. The molecular weight excluding hydrogens is 352 g/mol. The quantitative estimate of drug-likeness (QED) is 0.816. The molecule has 6 nitrogen and oxygen atoms in total. The molecule has 2 saturated heterocycles. The number of nitrogens with one attached hydrogen (secondary N) is 1. The molecule has 2 heterocycles. The molecule has 1 atom stereocenters. The number of piperidine rings is 1. The molecule has 1 N–H and O–H groups in total. The molecule has 0 spiro atoms. The molecule has 6 heteroatoms. The van der Waals surface area contributed by atoms with Crippen LogP contribution < -0.4 is 5.32 Å². The second-order valence-corrected chi connectivity index (χ2v) is 8.14. The topological polar surface area (TPSA) is 55.9 Å². The third-order valence-electron chi connectivity index (χ3n) is 5.96. The third-order valence-corrected chi connectivity index (χ3v) is 5.96. The summed E-state index contributed by atoms with van der Waals surface area (Å²) < 4.78 is 0. The van der Waals surface area contributed by atoms with Crippen molar-refractivity contribution in [1.29, 1.82) is 0 Å². The Labute approximate surface area is 168 Å². The van der Waals surface area contributed by atoms with Crippen molar-refractivity contribution in [3.63, 3.8) is 0 Å². The Bertz CT molecular complexity index is 629. The number of urea groups is 1. The van der Waals surface area contributed by atoms with E-state index >= 15 is 0 Å². The van der Waals surface area contributed by atoms with Gasteiger partial charge < -0.3 is 20.0 Å². The molecule has 0 radical (unpaired) electrons. The van der Waals surface area contributed by atoms with E-state index in [1.165, 1.54) is 5.56 Å². The largest absolute Gasteiger partial charge is 0.340 e. The zero-order valence-electron chi connectivity index (χ0n) is 17.1. The van der Waals surface area contributed by atoms with Crippen LogP contribution in [0.2, 0.25) is 0 Å². The van der Waals surface area contributed by atoms with Crippen molar-refractivity contribution >= 4 is 11.9 Å². The van der Waals surface area contributed by atoms with Crippen molar-refractivity contribution in [2.75, 3.05) is 52.9 Å². The fraction of sp³-hybridized carbons (Fsp3) is 0.636. The van der Waals surface area contributed by atoms with Crippen molar-refractivity contribution in [2.24, 2.45) is 5.92 Å². The third kappa shape index (κ3) is 6.23. The van der Waals surface area contributed by atoms with Crippen LogP contribution in [0.1, 0.15) is 31.2 Å². The van der Waals surface area contributed by atoms with Crippen molar-refractivity contribution in [1.82, 2.24) is 20.0 Å². The SMILES string of the molecule is CN1CCN(C(=O)CCC2CCCN(C(=O)NCCc3ccccc3)C2)CC1. The summed E-state index contributed by atoms with van der Waals surface area (Å²) in [4.78, 5) is 31.1. The van der Waals surface area contributed by atoms with E-state index in [1.807, 2.05) is 28.0 Å². The minimum absolute atomic E-state index is 0.0334. The summed E-state index contributed by atoms with van der Waals surface area (Å²) in [7, 11) is 2.10. The summed E-state index contributed by atoms with van der Waals surface area (Å²) in [6, 6.07) is 10.3. The molecule has 2 aliphatic rings. The zero-order valence-corrected chi connectivity index (χ0v) is 17.1. The minimum atomic E-state index is 0.0334. The van der Waals surface area contributed by atoms with Gasteiger partial charge >= 0.3 is 6.03 Å². The maximum atomic E-state index is 12.5. The van der Waals surface area contributed by atoms with Gasteiger partial charge in [0.2, 0.25) is 5.91 Å². The van der Waals surface area contributed by atoms with Crippen LogP contribution in [0.15, 0.2) is 30.3 Å². The summed E-state index contributed by atoms with van der Waals surface area (Å²) in [6.45, 7) is 5.86. The van der Waals surface area contributed by atoms with Crippen LogP contribution in [-0.4, -0.2) is 79.5 Å². The van der Waals surface area contributed by atoms with E-state index in [0.29, 0.717) is 18.9 Å². The van der Waals surface area contributed by atoms with E-state index < -0.39 is 0 Å². The Morgan fingerprint density at radius 1 is 1.04 bits per heavy atom. The van der Waals surface area contributed by atoms with Gasteiger partial charge in [-0.05, 0) is 44.2 Å². The van der Waals surface area contributed by atoms with Gasteiger partial charge in [0.1, 0.15) is 0 Å². The number of likely N-dealkylation sites (N-methyl/N-ethyl adjacent to an activating group) is 1. The molecule has 3 rings (SSSR count). The molecule has 1 aromatic rings. The van der Waals surface area contributed by atoms with Gasteiger partial charge in [0, 0.05) is 52.2 Å². The second-order valence-electron chi connectivity index (χ2n) is 8.14. The van der Waals surface area contributed by atoms with Gasteiger partial charge in [0.05, 0.1) is 0 Å². The van der Waals surface area contributed by atoms with Crippen molar-refractivity contribution in [2.45, 2.75) is 32.1 Å². The van der Waals surface area contributed by atoms with E-state index in [4.69, 9.17) is 0 Å². The van der Waals surface area contributed by atoms with Gasteiger partial charge in [0.25, 0.3) is 0 Å². The number of piperazine rings is 1. The first-order chi connectivity index (χ1) is 13.6. The van der Waals surface area contributed by atoms with Crippen LogP contribution in [-0.2, 0) is 11.2 Å². The summed E-state index contributed by atoms with van der Waals surface area (Å²) in [6.07, 6.45) is 4.49. The lowest BCUT2D eigenvalue weighted by Gasteiger charge is -2.34. The lowest BCUT2D eigenvalue weighted by molar-refractivity contribution is -0.133. The summed E-state index contributed by atoms with van der Waals surface area (Å²) in [5, 5.41) is 3.05. The smallest absolute Gasteiger partial charge is 0.317 e. The maximum Gasteiger partial charge on any atom is 0.317 e. The van der Waals surface area contributed by atoms with Crippen LogP contribution in [0.4, 0.5) is 4.79 Å². The predicted molar refractivity (Wildman–Crippen MR) is 111 cm³/mol. The van der Waals surface area contributed by atoms with E-state index in [2.05, 4.69) is 29.4 Å². The standard InChI is InChI=1S/C22H34N4O2/c1-24-14-16-25(17-15-24)21(27)10-9-20-8-5-13-26(18-20)22(28)23-12-11-19-6-3-2-4-7-19/h2-4,6-7,20H,5,8-18H2,1H3,(H,23,28). The lowest BCUT2D eigenvalue weighted by Crippen LogP contribution is -2.48. The van der Waals surface area contributed by atoms with Crippen LogP contribution in [0.3, 0.4) is 0 Å². The number of carbonyl (C=O) groups excluding carboxylic acids is 2. The molecule has 28 heavy (non-hydrogen) atoms. The van der Waals surface area contributed by atoms with Gasteiger partial charge in [-0.3, -0.25) is 4.79 Å². The Morgan fingerprint density at radius 2 is 1.79 bits per heavy atom. The summed E-state index contributed by atoms with van der Waals surface area (Å²) >= 11 is 0. The number of likely N-dealkylation sites (tertiary alicyclic amines) is 1. The van der Waals surface area contributed by atoms with Crippen LogP contribution >= 0.6 is 0 Å². The molecule has 154 valence electrons. The van der Waals surface area contributed by atoms with E-state index in [1.54, 1.807) is 0 Å². The number of hydrogen-bond donors (Lipinski definition) is 1. The summed E-state index contributed by atoms with van der Waals surface area (Å²) in [5.41, 5.74) is 1.24. The average Bonchev–Trinajstić information content (AvgIpc) is 2.73. The molecule has 1 aromatic carbocycles. The molecule has 0 bridgehead atoms. The number of carbonyl (C=O) groups is 2. The van der Waals surface area contributed by atoms with E-state index in [9.17, 15) is 9.59 Å². The molecule has 3 amide bonds. The van der Waals surface area contributed by atoms with Crippen molar-refractivity contribution in [3.05, 3.63) is 35.9 Å². The molecule has 0 saturated carbocycles. The fourth-order valence-electron chi connectivity index (χ4n) is 4.10. The Morgan fingerprint density at radius 3 is 2.54 bits per heavy atom. The monoisotopic (exact) mass is 386 g/mol. The van der Waals surface area contributed by atoms with Crippen molar-refractivity contribution < 1.29 is 9.59 Å². The molecular formula is C22H34N4O2. The molecule has 0 aliphatic carbocycles. The Hall–Kier alpha value is -2.08. The van der Waals surface area contributed by atoms with Gasteiger partial charge in [-0.25, -0.2) is 4.79 Å². The van der Waals surface area contributed by atoms with Gasteiger partial charge in [-0.15, -0.1) is 0 Å². The van der Waals surface area contributed by atoms with E-state index in [0.717, 1.165) is 65.0 Å². The molecule has 2 fully saturated rings. The average molecular weight is 387 g/mol. The first kappa shape index (κ1) is 20.6.